The first-order valence-corrected chi connectivity index (χ1v) is 13.4. The van der Waals surface area contributed by atoms with Gasteiger partial charge >= 0.3 is 5.97 Å². The molecule has 0 unspecified atom stereocenters. The lowest BCUT2D eigenvalue weighted by Gasteiger charge is -2.32. The molecule has 1 fully saturated rings. The number of carbonyl (C=O) groups is 1. The summed E-state index contributed by atoms with van der Waals surface area (Å²) in [4.78, 5) is 12.5. The minimum Gasteiger partial charge on any atom is -0.466 e. The van der Waals surface area contributed by atoms with Crippen molar-refractivity contribution in [1.29, 1.82) is 0 Å². The van der Waals surface area contributed by atoms with E-state index >= 15 is 0 Å². The van der Waals surface area contributed by atoms with Gasteiger partial charge in [-0.05, 0) is 88.5 Å². The Labute approximate surface area is 199 Å². The van der Waals surface area contributed by atoms with E-state index in [0.717, 1.165) is 53.5 Å². The molecular formula is C27H37NO4S. The van der Waals surface area contributed by atoms with Gasteiger partial charge in [0.1, 0.15) is 0 Å². The minimum atomic E-state index is -3.69. The van der Waals surface area contributed by atoms with Crippen LogP contribution in [0.1, 0.15) is 60.4 Å². The third-order valence-electron chi connectivity index (χ3n) is 6.74. The lowest BCUT2D eigenvalue weighted by atomic mass is 9.82. The first-order chi connectivity index (χ1) is 15.6. The van der Waals surface area contributed by atoms with Crippen LogP contribution in [-0.4, -0.2) is 31.8 Å². The Morgan fingerprint density at radius 3 is 2.15 bits per heavy atom. The van der Waals surface area contributed by atoms with Crippen LogP contribution in [0.4, 0.5) is 0 Å². The number of esters is 1. The minimum absolute atomic E-state index is 0.0655. The third kappa shape index (κ3) is 6.04. The second-order valence-electron chi connectivity index (χ2n) is 9.42. The smallest absolute Gasteiger partial charge is 0.308 e. The summed E-state index contributed by atoms with van der Waals surface area (Å²) in [6.07, 6.45) is 3.17. The molecule has 1 aliphatic carbocycles. The van der Waals surface area contributed by atoms with Crippen molar-refractivity contribution in [3.63, 3.8) is 0 Å². The van der Waals surface area contributed by atoms with Crippen molar-refractivity contribution in [2.24, 2.45) is 11.8 Å². The van der Waals surface area contributed by atoms with E-state index in [1.54, 1.807) is 4.31 Å². The van der Waals surface area contributed by atoms with Crippen LogP contribution in [0.3, 0.4) is 0 Å². The van der Waals surface area contributed by atoms with Crippen molar-refractivity contribution in [2.75, 3.05) is 13.2 Å². The van der Waals surface area contributed by atoms with Gasteiger partial charge in [0.15, 0.2) is 0 Å². The van der Waals surface area contributed by atoms with Crippen LogP contribution in [0, 0.1) is 39.5 Å². The molecule has 0 N–H and O–H groups in total. The molecule has 0 saturated heterocycles. The topological polar surface area (TPSA) is 63.7 Å². The lowest BCUT2D eigenvalue weighted by molar-refractivity contribution is -0.149. The normalized spacial score (nSPS) is 19.0. The molecule has 0 radical (unpaired) electrons. The van der Waals surface area contributed by atoms with Crippen LogP contribution in [0.25, 0.3) is 0 Å². The molecule has 0 spiro atoms. The Kier molecular flexibility index (Phi) is 8.35. The van der Waals surface area contributed by atoms with Crippen molar-refractivity contribution in [3.05, 3.63) is 64.2 Å². The predicted octanol–water partition coefficient (Wildman–Crippen LogP) is 5.48. The largest absolute Gasteiger partial charge is 0.466 e. The summed E-state index contributed by atoms with van der Waals surface area (Å²) in [5.41, 5.74) is 4.73. The number of rotatable bonds is 8. The van der Waals surface area contributed by atoms with Gasteiger partial charge in [-0.15, -0.1) is 0 Å². The molecular weight excluding hydrogens is 434 g/mol. The van der Waals surface area contributed by atoms with E-state index in [0.29, 0.717) is 24.6 Å². The van der Waals surface area contributed by atoms with Crippen LogP contribution in [0.5, 0.6) is 0 Å². The van der Waals surface area contributed by atoms with Gasteiger partial charge in [-0.1, -0.05) is 42.0 Å². The number of nitrogens with zero attached hydrogens (tertiary/aromatic N) is 1. The zero-order valence-corrected chi connectivity index (χ0v) is 21.4. The number of benzene rings is 2. The average Bonchev–Trinajstić information content (AvgIpc) is 2.74. The Morgan fingerprint density at radius 2 is 1.58 bits per heavy atom. The Hall–Kier alpha value is -2.18. The van der Waals surface area contributed by atoms with E-state index in [1.807, 2.05) is 71.0 Å². The fraction of sp³-hybridized carbons (Fsp3) is 0.519. The van der Waals surface area contributed by atoms with E-state index in [2.05, 4.69) is 0 Å². The SMILES string of the molecule is CCOC(=O)C1CCC(CN(Cc2ccccc2C)S(=O)(=O)c2c(C)cc(C)cc2C)CC1. The Bertz CT molecular complexity index is 1060. The van der Waals surface area contributed by atoms with Gasteiger partial charge < -0.3 is 4.74 Å². The molecule has 1 saturated carbocycles. The molecule has 2 aromatic rings. The average molecular weight is 472 g/mol. The highest BCUT2D eigenvalue weighted by atomic mass is 32.2. The zero-order chi connectivity index (χ0) is 24.2. The fourth-order valence-electron chi connectivity index (χ4n) is 5.06. The van der Waals surface area contributed by atoms with Gasteiger partial charge in [0.25, 0.3) is 0 Å². The first-order valence-electron chi connectivity index (χ1n) is 11.9. The molecule has 3 rings (SSSR count). The summed E-state index contributed by atoms with van der Waals surface area (Å²) in [6.45, 7) is 10.8. The van der Waals surface area contributed by atoms with Crippen LogP contribution in [0.15, 0.2) is 41.3 Å². The molecule has 0 heterocycles. The number of ether oxygens (including phenoxy) is 1. The quantitative estimate of drug-likeness (QED) is 0.478. The highest BCUT2D eigenvalue weighted by Gasteiger charge is 2.33. The molecule has 0 bridgehead atoms. The summed E-state index contributed by atoms with van der Waals surface area (Å²) in [5, 5.41) is 0. The van der Waals surface area contributed by atoms with Crippen molar-refractivity contribution < 1.29 is 17.9 Å². The number of hydrogen-bond acceptors (Lipinski definition) is 4. The Balaban J connectivity index is 1.88. The van der Waals surface area contributed by atoms with Crippen LogP contribution >= 0.6 is 0 Å². The summed E-state index contributed by atoms with van der Waals surface area (Å²) in [5.74, 6) is 0.0379. The highest BCUT2D eigenvalue weighted by Crippen LogP contribution is 2.33. The molecule has 5 nitrogen and oxygen atoms in total. The van der Waals surface area contributed by atoms with E-state index < -0.39 is 10.0 Å². The molecule has 0 aromatic heterocycles. The summed E-state index contributed by atoms with van der Waals surface area (Å²) in [7, 11) is -3.69. The van der Waals surface area contributed by atoms with Gasteiger partial charge in [0, 0.05) is 13.1 Å². The lowest BCUT2D eigenvalue weighted by Crippen LogP contribution is -2.37. The number of hydrogen-bond donors (Lipinski definition) is 0. The van der Waals surface area contributed by atoms with Crippen LogP contribution in [-0.2, 0) is 26.1 Å². The van der Waals surface area contributed by atoms with E-state index in [1.165, 1.54) is 0 Å². The van der Waals surface area contributed by atoms with Gasteiger partial charge in [-0.2, -0.15) is 4.31 Å². The fourth-order valence-corrected chi connectivity index (χ4v) is 6.96. The van der Waals surface area contributed by atoms with Crippen LogP contribution in [0.2, 0.25) is 0 Å². The van der Waals surface area contributed by atoms with Crippen LogP contribution < -0.4 is 0 Å². The molecule has 0 atom stereocenters. The zero-order valence-electron chi connectivity index (χ0n) is 20.6. The van der Waals surface area contributed by atoms with Gasteiger partial charge in [0.05, 0.1) is 17.4 Å². The maximum absolute atomic E-state index is 14.0. The predicted molar refractivity (Wildman–Crippen MR) is 132 cm³/mol. The first kappa shape index (κ1) is 25.4. The van der Waals surface area contributed by atoms with Gasteiger partial charge in [0.2, 0.25) is 10.0 Å². The van der Waals surface area contributed by atoms with Crippen molar-refractivity contribution in [1.82, 2.24) is 4.31 Å². The maximum Gasteiger partial charge on any atom is 0.308 e. The summed E-state index contributed by atoms with van der Waals surface area (Å²) in [6, 6.07) is 11.8. The van der Waals surface area contributed by atoms with Gasteiger partial charge in [-0.25, -0.2) is 8.42 Å². The standard InChI is InChI=1S/C27H37NO4S/c1-6-32-27(29)24-13-11-23(12-14-24)17-28(18-25-10-8-7-9-20(25)3)33(30,31)26-21(4)15-19(2)16-22(26)5/h7-10,15-16,23-24H,6,11-14,17-18H2,1-5H3. The second-order valence-corrected chi connectivity index (χ2v) is 11.3. The molecule has 6 heteroatoms. The summed E-state index contributed by atoms with van der Waals surface area (Å²) >= 11 is 0. The molecule has 33 heavy (non-hydrogen) atoms. The monoisotopic (exact) mass is 471 g/mol. The molecule has 2 aromatic carbocycles. The van der Waals surface area contributed by atoms with E-state index in [4.69, 9.17) is 4.74 Å². The van der Waals surface area contributed by atoms with E-state index in [-0.39, 0.29) is 17.8 Å². The Morgan fingerprint density at radius 1 is 0.970 bits per heavy atom. The van der Waals surface area contributed by atoms with Crippen molar-refractivity contribution in [3.8, 4) is 0 Å². The molecule has 0 aliphatic heterocycles. The van der Waals surface area contributed by atoms with Crippen molar-refractivity contribution >= 4 is 16.0 Å². The number of aryl methyl sites for hydroxylation is 4. The molecule has 0 amide bonds. The maximum atomic E-state index is 14.0. The second kappa shape index (κ2) is 10.8. The van der Waals surface area contributed by atoms with Crippen molar-refractivity contribution in [2.45, 2.75) is 71.7 Å². The molecule has 1 aliphatic rings. The third-order valence-corrected chi connectivity index (χ3v) is 8.86. The number of sulfonamides is 1. The van der Waals surface area contributed by atoms with E-state index in [9.17, 15) is 13.2 Å². The van der Waals surface area contributed by atoms with Gasteiger partial charge in [-0.3, -0.25) is 4.79 Å². The molecule has 180 valence electrons. The summed E-state index contributed by atoms with van der Waals surface area (Å²) < 4.78 is 34.8. The highest BCUT2D eigenvalue weighted by molar-refractivity contribution is 7.89. The number of carbonyl (C=O) groups excluding carboxylic acids is 1.